The van der Waals surface area contributed by atoms with Crippen molar-refractivity contribution in [2.45, 2.75) is 0 Å². The number of rotatable bonds is 5. The van der Waals surface area contributed by atoms with Crippen LogP contribution in [0.5, 0.6) is 0 Å². The van der Waals surface area contributed by atoms with Crippen molar-refractivity contribution < 1.29 is 8.83 Å². The lowest BCUT2D eigenvalue weighted by molar-refractivity contribution is 0.669. The molecule has 248 valence electrons. The minimum atomic E-state index is 0.844. The lowest BCUT2D eigenvalue weighted by Gasteiger charge is -2.27. The van der Waals surface area contributed by atoms with Crippen molar-refractivity contribution in [2.75, 3.05) is 4.90 Å². The molecule has 2 heterocycles. The van der Waals surface area contributed by atoms with Crippen LogP contribution in [0.2, 0.25) is 0 Å². The number of hydrogen-bond donors (Lipinski definition) is 0. The van der Waals surface area contributed by atoms with Gasteiger partial charge in [0.15, 0.2) is 0 Å². The number of nitrogens with zero attached hydrogens (tertiary/aromatic N) is 1. The molecule has 0 amide bonds. The van der Waals surface area contributed by atoms with Crippen LogP contribution in [0.3, 0.4) is 0 Å². The lowest BCUT2D eigenvalue weighted by atomic mass is 9.98. The Morgan fingerprint density at radius 3 is 1.26 bits per heavy atom. The topological polar surface area (TPSA) is 29.5 Å². The van der Waals surface area contributed by atoms with Crippen LogP contribution in [0.15, 0.2) is 197 Å². The standard InChI is InChI=1S/C50H31NO2/c1-3-11-32(12-4-1)34-19-23-42-44-25-21-37(30-49(44)52-47(42)28-34)51(46-27-36-15-7-8-16-39(36)40-17-9-10-18-41(40)46)38-22-26-45-43-24-20-35(33-13-5-2-6-14-33)29-48(43)53-50(45)31-38/h1-31H. The molecule has 11 aromatic rings. The maximum Gasteiger partial charge on any atom is 0.137 e. The molecule has 0 radical (unpaired) electrons. The number of hydrogen-bond acceptors (Lipinski definition) is 3. The molecule has 0 aliphatic heterocycles. The highest BCUT2D eigenvalue weighted by Crippen LogP contribution is 2.45. The van der Waals surface area contributed by atoms with E-state index < -0.39 is 0 Å². The van der Waals surface area contributed by atoms with Gasteiger partial charge in [0.1, 0.15) is 22.3 Å². The highest BCUT2D eigenvalue weighted by molar-refractivity contribution is 6.16. The van der Waals surface area contributed by atoms with E-state index in [0.29, 0.717) is 0 Å². The Morgan fingerprint density at radius 2 is 0.717 bits per heavy atom. The maximum atomic E-state index is 6.65. The van der Waals surface area contributed by atoms with Crippen LogP contribution in [-0.4, -0.2) is 0 Å². The molecule has 0 bridgehead atoms. The molecule has 0 unspecified atom stereocenters. The molecule has 0 aliphatic carbocycles. The predicted octanol–water partition coefficient (Wildman–Crippen LogP) is 14.6. The van der Waals surface area contributed by atoms with Gasteiger partial charge in [-0.15, -0.1) is 0 Å². The highest BCUT2D eigenvalue weighted by Gasteiger charge is 2.21. The van der Waals surface area contributed by atoms with Gasteiger partial charge in [-0.3, -0.25) is 0 Å². The quantitative estimate of drug-likeness (QED) is 0.170. The summed E-state index contributed by atoms with van der Waals surface area (Å²) in [5, 5.41) is 9.18. The molecule has 0 spiro atoms. The van der Waals surface area contributed by atoms with E-state index in [4.69, 9.17) is 8.83 Å². The average molecular weight is 678 g/mol. The lowest BCUT2D eigenvalue weighted by Crippen LogP contribution is -2.10. The van der Waals surface area contributed by atoms with Gasteiger partial charge in [-0.25, -0.2) is 0 Å². The van der Waals surface area contributed by atoms with Gasteiger partial charge < -0.3 is 13.7 Å². The molecule has 0 N–H and O–H groups in total. The summed E-state index contributed by atoms with van der Waals surface area (Å²) in [7, 11) is 0. The maximum absolute atomic E-state index is 6.65. The summed E-state index contributed by atoms with van der Waals surface area (Å²) in [5.74, 6) is 0. The highest BCUT2D eigenvalue weighted by atomic mass is 16.3. The van der Waals surface area contributed by atoms with Crippen LogP contribution in [0.4, 0.5) is 17.1 Å². The number of furan rings is 2. The zero-order valence-electron chi connectivity index (χ0n) is 28.7. The molecular formula is C50H31NO2. The third-order valence-electron chi connectivity index (χ3n) is 10.6. The van der Waals surface area contributed by atoms with E-state index in [0.717, 1.165) is 72.1 Å². The van der Waals surface area contributed by atoms with Crippen LogP contribution in [0.1, 0.15) is 0 Å². The third kappa shape index (κ3) is 4.82. The Hall–Kier alpha value is -7.10. The van der Waals surface area contributed by atoms with Gasteiger partial charge in [-0.1, -0.05) is 121 Å². The second-order valence-electron chi connectivity index (χ2n) is 13.7. The van der Waals surface area contributed by atoms with E-state index in [1.165, 1.54) is 32.7 Å². The zero-order chi connectivity index (χ0) is 34.9. The molecule has 11 rings (SSSR count). The Balaban J connectivity index is 1.12. The molecule has 3 nitrogen and oxygen atoms in total. The van der Waals surface area contributed by atoms with Gasteiger partial charge in [-0.2, -0.15) is 0 Å². The van der Waals surface area contributed by atoms with Crippen molar-refractivity contribution in [2.24, 2.45) is 0 Å². The summed E-state index contributed by atoms with van der Waals surface area (Å²) in [6, 6.07) is 66.7. The fourth-order valence-corrected chi connectivity index (χ4v) is 8.08. The van der Waals surface area contributed by atoms with Crippen LogP contribution in [-0.2, 0) is 0 Å². The van der Waals surface area contributed by atoms with Gasteiger partial charge in [0.25, 0.3) is 0 Å². The van der Waals surface area contributed by atoms with E-state index in [1.807, 2.05) is 12.1 Å². The first-order valence-electron chi connectivity index (χ1n) is 18.0. The first-order valence-corrected chi connectivity index (χ1v) is 18.0. The number of fused-ring (bicyclic) bond motifs is 9. The first-order chi connectivity index (χ1) is 26.2. The summed E-state index contributed by atoms with van der Waals surface area (Å²) >= 11 is 0. The van der Waals surface area contributed by atoms with Crippen LogP contribution >= 0.6 is 0 Å². The monoisotopic (exact) mass is 677 g/mol. The van der Waals surface area contributed by atoms with Crippen molar-refractivity contribution in [1.29, 1.82) is 0 Å². The Kier molecular flexibility index (Phi) is 6.55. The van der Waals surface area contributed by atoms with Crippen molar-refractivity contribution in [3.8, 4) is 22.3 Å². The Bertz CT molecular complexity index is 3020. The molecule has 0 atom stereocenters. The van der Waals surface area contributed by atoms with E-state index in [1.54, 1.807) is 0 Å². The van der Waals surface area contributed by atoms with Gasteiger partial charge in [0, 0.05) is 50.4 Å². The molecule has 9 aromatic carbocycles. The second kappa shape index (κ2) is 11.7. The zero-order valence-corrected chi connectivity index (χ0v) is 28.7. The van der Waals surface area contributed by atoms with Gasteiger partial charge in [-0.05, 0) is 93.0 Å². The minimum absolute atomic E-state index is 0.844. The van der Waals surface area contributed by atoms with Crippen molar-refractivity contribution in [3.05, 3.63) is 188 Å². The van der Waals surface area contributed by atoms with Crippen LogP contribution < -0.4 is 4.90 Å². The van der Waals surface area contributed by atoms with Crippen LogP contribution in [0.25, 0.3) is 87.7 Å². The first kappa shape index (κ1) is 29.6. The normalized spacial score (nSPS) is 11.8. The molecule has 0 saturated heterocycles. The van der Waals surface area contributed by atoms with Crippen molar-refractivity contribution in [3.63, 3.8) is 0 Å². The Morgan fingerprint density at radius 1 is 0.283 bits per heavy atom. The SMILES string of the molecule is c1ccc(-c2ccc3c(c2)oc2cc(N(c4ccc5c(c4)oc4cc(-c6ccccc6)ccc45)c4cc5ccccc5c5ccccc45)ccc23)cc1. The fraction of sp³-hybridized carbons (Fsp3) is 0. The summed E-state index contributed by atoms with van der Waals surface area (Å²) in [6.07, 6.45) is 0. The second-order valence-corrected chi connectivity index (χ2v) is 13.7. The van der Waals surface area contributed by atoms with Gasteiger partial charge in [0.05, 0.1) is 5.69 Å². The third-order valence-corrected chi connectivity index (χ3v) is 10.6. The largest absolute Gasteiger partial charge is 0.456 e. The molecule has 0 aliphatic rings. The van der Waals surface area contributed by atoms with E-state index in [9.17, 15) is 0 Å². The molecule has 3 heteroatoms. The van der Waals surface area contributed by atoms with Gasteiger partial charge in [0.2, 0.25) is 0 Å². The van der Waals surface area contributed by atoms with Gasteiger partial charge >= 0.3 is 0 Å². The fourth-order valence-electron chi connectivity index (χ4n) is 8.08. The predicted molar refractivity (Wildman–Crippen MR) is 222 cm³/mol. The van der Waals surface area contributed by atoms with Crippen LogP contribution in [0, 0.1) is 0 Å². The summed E-state index contributed by atoms with van der Waals surface area (Å²) in [6.45, 7) is 0. The van der Waals surface area contributed by atoms with Crippen molar-refractivity contribution >= 4 is 82.5 Å². The number of benzene rings is 9. The molecule has 0 fully saturated rings. The summed E-state index contributed by atoms with van der Waals surface area (Å²) < 4.78 is 13.3. The van der Waals surface area contributed by atoms with Crippen molar-refractivity contribution in [1.82, 2.24) is 0 Å². The molecule has 0 saturated carbocycles. The summed E-state index contributed by atoms with van der Waals surface area (Å²) in [4.78, 5) is 2.35. The van der Waals surface area contributed by atoms with E-state index in [2.05, 4.69) is 181 Å². The number of anilines is 3. The molecule has 53 heavy (non-hydrogen) atoms. The minimum Gasteiger partial charge on any atom is -0.456 e. The molecular weight excluding hydrogens is 647 g/mol. The smallest absolute Gasteiger partial charge is 0.137 e. The van der Waals surface area contributed by atoms with E-state index in [-0.39, 0.29) is 0 Å². The molecule has 2 aromatic heterocycles. The summed E-state index contributed by atoms with van der Waals surface area (Å²) in [5.41, 5.74) is 11.1. The average Bonchev–Trinajstić information content (AvgIpc) is 3.78. The van der Waals surface area contributed by atoms with E-state index >= 15 is 0 Å². The Labute approximate surface area is 305 Å².